The van der Waals surface area contributed by atoms with Gasteiger partial charge in [-0.2, -0.15) is 0 Å². The van der Waals surface area contributed by atoms with Crippen LogP contribution in [0.25, 0.3) is 0 Å². The van der Waals surface area contributed by atoms with Gasteiger partial charge in [0.15, 0.2) is 0 Å². The highest BCUT2D eigenvalue weighted by Gasteiger charge is 2.15. The third kappa shape index (κ3) is 4.29. The summed E-state index contributed by atoms with van der Waals surface area (Å²) >= 11 is 6.46. The molecule has 2 rings (SSSR count). The number of hydrogen-bond donors (Lipinski definition) is 1. The van der Waals surface area contributed by atoms with Gasteiger partial charge in [0, 0.05) is 11.1 Å². The summed E-state index contributed by atoms with van der Waals surface area (Å²) in [7, 11) is 0. The molecule has 0 aromatic heterocycles. The highest BCUT2D eigenvalue weighted by atomic mass is 35.5. The minimum absolute atomic E-state index is 0.141. The lowest BCUT2D eigenvalue weighted by Gasteiger charge is -2.21. The first-order chi connectivity index (χ1) is 10.1. The molecule has 1 unspecified atom stereocenters. The Morgan fingerprint density at radius 1 is 1.14 bits per heavy atom. The highest BCUT2D eigenvalue weighted by molar-refractivity contribution is 6.32. The molecule has 1 N–H and O–H groups in total. The van der Waals surface area contributed by atoms with Crippen molar-refractivity contribution in [1.82, 2.24) is 5.32 Å². The zero-order valence-corrected chi connectivity index (χ0v) is 13.3. The molecule has 0 spiro atoms. The van der Waals surface area contributed by atoms with Crippen molar-refractivity contribution in [3.63, 3.8) is 0 Å². The number of rotatable bonds is 6. The molecule has 1 atom stereocenters. The van der Waals surface area contributed by atoms with Crippen LogP contribution in [0.2, 0.25) is 5.02 Å². The lowest BCUT2D eigenvalue weighted by atomic mass is 9.97. The van der Waals surface area contributed by atoms with E-state index in [4.69, 9.17) is 11.6 Å². The molecule has 0 bridgehead atoms. The first kappa shape index (κ1) is 16.0. The van der Waals surface area contributed by atoms with E-state index < -0.39 is 0 Å². The van der Waals surface area contributed by atoms with Crippen LogP contribution in [0.15, 0.2) is 42.5 Å². The van der Waals surface area contributed by atoms with Crippen molar-refractivity contribution in [2.75, 3.05) is 6.54 Å². The predicted octanol–water partition coefficient (Wildman–Crippen LogP) is 5.07. The molecule has 0 aliphatic heterocycles. The minimum Gasteiger partial charge on any atom is -0.310 e. The summed E-state index contributed by atoms with van der Waals surface area (Å²) in [5.74, 6) is -0.203. The lowest BCUT2D eigenvalue weighted by molar-refractivity contribution is 0.528. The van der Waals surface area contributed by atoms with E-state index in [2.05, 4.69) is 18.3 Å². The van der Waals surface area contributed by atoms with Crippen LogP contribution in [0.3, 0.4) is 0 Å². The monoisotopic (exact) mass is 305 g/mol. The van der Waals surface area contributed by atoms with Crippen molar-refractivity contribution >= 4 is 11.6 Å². The van der Waals surface area contributed by atoms with Gasteiger partial charge in [-0.25, -0.2) is 4.39 Å². The Bertz CT molecular complexity index is 580. The maximum Gasteiger partial charge on any atom is 0.123 e. The van der Waals surface area contributed by atoms with Gasteiger partial charge in [-0.15, -0.1) is 0 Å². The first-order valence-electron chi connectivity index (χ1n) is 7.34. The van der Waals surface area contributed by atoms with Crippen molar-refractivity contribution in [1.29, 1.82) is 0 Å². The summed E-state index contributed by atoms with van der Waals surface area (Å²) in [6.07, 6.45) is 1.85. The second-order valence-electron chi connectivity index (χ2n) is 5.32. The van der Waals surface area contributed by atoms with Crippen molar-refractivity contribution in [3.05, 3.63) is 70.0 Å². The van der Waals surface area contributed by atoms with Gasteiger partial charge in [0.25, 0.3) is 0 Å². The number of benzene rings is 2. The maximum atomic E-state index is 13.0. The van der Waals surface area contributed by atoms with Crippen LogP contribution < -0.4 is 5.32 Å². The Balaban J connectivity index is 2.25. The molecule has 0 aliphatic rings. The van der Waals surface area contributed by atoms with Crippen molar-refractivity contribution in [2.24, 2.45) is 0 Å². The Labute approximate surface area is 131 Å². The number of aryl methyl sites for hydroxylation is 1. The Morgan fingerprint density at radius 2 is 1.86 bits per heavy atom. The molecule has 0 amide bonds. The fourth-order valence-electron chi connectivity index (χ4n) is 2.41. The minimum atomic E-state index is -0.203. The van der Waals surface area contributed by atoms with Gasteiger partial charge in [0.1, 0.15) is 5.82 Å². The summed E-state index contributed by atoms with van der Waals surface area (Å²) in [6.45, 7) is 5.08. The van der Waals surface area contributed by atoms with Gasteiger partial charge in [-0.3, -0.25) is 0 Å². The van der Waals surface area contributed by atoms with Gasteiger partial charge in [-0.1, -0.05) is 48.9 Å². The van der Waals surface area contributed by atoms with Gasteiger partial charge in [0.2, 0.25) is 0 Å². The van der Waals surface area contributed by atoms with Crippen LogP contribution in [0.1, 0.15) is 36.1 Å². The molecule has 0 radical (unpaired) electrons. The van der Waals surface area contributed by atoms with E-state index in [0.29, 0.717) is 0 Å². The van der Waals surface area contributed by atoms with Crippen LogP contribution in [-0.2, 0) is 6.42 Å². The van der Waals surface area contributed by atoms with Gasteiger partial charge in [-0.05, 0) is 55.1 Å². The van der Waals surface area contributed by atoms with Crippen molar-refractivity contribution in [3.8, 4) is 0 Å². The molecule has 2 aromatic rings. The zero-order chi connectivity index (χ0) is 15.2. The molecule has 112 valence electrons. The second-order valence-corrected chi connectivity index (χ2v) is 5.69. The van der Waals surface area contributed by atoms with Crippen LogP contribution in [0, 0.1) is 12.7 Å². The Kier molecular flexibility index (Phi) is 5.77. The molecule has 1 nitrogen and oxygen atoms in total. The van der Waals surface area contributed by atoms with Gasteiger partial charge < -0.3 is 5.32 Å². The molecule has 0 aliphatic carbocycles. The van der Waals surface area contributed by atoms with E-state index in [-0.39, 0.29) is 11.9 Å². The fraction of sp³-hybridized carbons (Fsp3) is 0.333. The second kappa shape index (κ2) is 7.58. The molecule has 0 saturated carbocycles. The molecule has 3 heteroatoms. The highest BCUT2D eigenvalue weighted by Crippen LogP contribution is 2.28. The number of nitrogens with one attached hydrogen (secondary N) is 1. The predicted molar refractivity (Wildman–Crippen MR) is 87.3 cm³/mol. The normalized spacial score (nSPS) is 12.4. The van der Waals surface area contributed by atoms with Crippen LogP contribution >= 0.6 is 11.6 Å². The molecule has 2 aromatic carbocycles. The topological polar surface area (TPSA) is 12.0 Å². The Morgan fingerprint density at radius 3 is 2.52 bits per heavy atom. The summed E-state index contributed by atoms with van der Waals surface area (Å²) in [5.41, 5.74) is 3.29. The fourth-order valence-corrected chi connectivity index (χ4v) is 2.66. The first-order valence-corrected chi connectivity index (χ1v) is 7.72. The van der Waals surface area contributed by atoms with Crippen molar-refractivity contribution < 1.29 is 4.39 Å². The largest absolute Gasteiger partial charge is 0.310 e. The summed E-state index contributed by atoms with van der Waals surface area (Å²) in [6, 6.07) is 12.9. The number of hydrogen-bond acceptors (Lipinski definition) is 1. The smallest absolute Gasteiger partial charge is 0.123 e. The molecule has 0 saturated heterocycles. The van der Waals surface area contributed by atoms with E-state index in [1.54, 1.807) is 0 Å². The van der Waals surface area contributed by atoms with Crippen LogP contribution in [-0.4, -0.2) is 6.54 Å². The maximum absolute atomic E-state index is 13.0. The molecule has 21 heavy (non-hydrogen) atoms. The Hall–Kier alpha value is -1.38. The van der Waals surface area contributed by atoms with E-state index in [1.165, 1.54) is 12.1 Å². The molecule has 0 heterocycles. The zero-order valence-electron chi connectivity index (χ0n) is 12.5. The van der Waals surface area contributed by atoms with Gasteiger partial charge >= 0.3 is 0 Å². The summed E-state index contributed by atoms with van der Waals surface area (Å²) in [4.78, 5) is 0. The van der Waals surface area contributed by atoms with E-state index in [9.17, 15) is 4.39 Å². The van der Waals surface area contributed by atoms with E-state index in [1.807, 2.05) is 31.2 Å². The van der Waals surface area contributed by atoms with Gasteiger partial charge in [0.05, 0.1) is 0 Å². The summed E-state index contributed by atoms with van der Waals surface area (Å²) < 4.78 is 13.0. The quantitative estimate of drug-likeness (QED) is 0.785. The van der Waals surface area contributed by atoms with Crippen LogP contribution in [0.5, 0.6) is 0 Å². The average molecular weight is 306 g/mol. The average Bonchev–Trinajstić information content (AvgIpc) is 2.48. The van der Waals surface area contributed by atoms with Crippen LogP contribution in [0.4, 0.5) is 4.39 Å². The third-order valence-electron chi connectivity index (χ3n) is 3.59. The standard InChI is InChI=1S/C18H21ClFN/c1-3-11-21-17(12-14-7-9-15(20)10-8-14)16-6-4-5-13(2)18(16)19/h4-10,17,21H,3,11-12H2,1-2H3. The SMILES string of the molecule is CCCNC(Cc1ccc(F)cc1)c1cccc(C)c1Cl. The summed E-state index contributed by atoms with van der Waals surface area (Å²) in [5, 5.41) is 4.35. The lowest BCUT2D eigenvalue weighted by Crippen LogP contribution is -2.24. The van der Waals surface area contributed by atoms with E-state index in [0.717, 1.165) is 41.1 Å². The number of halogens is 2. The third-order valence-corrected chi connectivity index (χ3v) is 4.11. The van der Waals surface area contributed by atoms with E-state index >= 15 is 0 Å². The molecular formula is C18H21ClFN. The van der Waals surface area contributed by atoms with Crippen molar-refractivity contribution in [2.45, 2.75) is 32.7 Å². The molecular weight excluding hydrogens is 285 g/mol. The molecule has 0 fully saturated rings.